The third-order valence-electron chi connectivity index (χ3n) is 5.06. The third kappa shape index (κ3) is 19.1. The van der Waals surface area contributed by atoms with Crippen LogP contribution in [0, 0.1) is 0 Å². The molecule has 0 aliphatic carbocycles. The second kappa shape index (κ2) is 20.1. The van der Waals surface area contributed by atoms with E-state index >= 15 is 0 Å². The fraction of sp³-hybridized carbons (Fsp3) is 0.955. The zero-order chi connectivity index (χ0) is 23.3. The monoisotopic (exact) mass is 443 g/mol. The topological polar surface area (TPSA) is 69.6 Å². The van der Waals surface area contributed by atoms with E-state index in [9.17, 15) is 13.2 Å². The van der Waals surface area contributed by atoms with Crippen LogP contribution in [0.25, 0.3) is 0 Å². The van der Waals surface area contributed by atoms with Gasteiger partial charge in [-0.15, -0.1) is 0 Å². The summed E-state index contributed by atoms with van der Waals surface area (Å²) in [5, 5.41) is 17.6. The second-order valence-electron chi connectivity index (χ2n) is 7.83. The molecule has 0 aliphatic rings. The van der Waals surface area contributed by atoms with Gasteiger partial charge in [0.1, 0.15) is 12.5 Å². The normalized spacial score (nSPS) is 11.8. The number of ether oxygens (including phenoxy) is 1. The lowest BCUT2D eigenvalue weighted by Gasteiger charge is -2.38. The van der Waals surface area contributed by atoms with E-state index in [2.05, 4.69) is 20.8 Å². The first-order valence-electron chi connectivity index (χ1n) is 11.5. The van der Waals surface area contributed by atoms with Gasteiger partial charge in [-0.05, 0) is 25.7 Å². The van der Waals surface area contributed by atoms with Crippen LogP contribution in [0.15, 0.2) is 0 Å². The van der Waals surface area contributed by atoms with Gasteiger partial charge in [-0.25, -0.2) is 0 Å². The molecule has 0 aromatic heterocycles. The highest BCUT2D eigenvalue weighted by Crippen LogP contribution is 2.15. The highest BCUT2D eigenvalue weighted by molar-refractivity contribution is 5.70. The summed E-state index contributed by atoms with van der Waals surface area (Å²) in [6.45, 7) is 13.2. The van der Waals surface area contributed by atoms with Crippen LogP contribution in [-0.4, -0.2) is 67.7 Å². The van der Waals surface area contributed by atoms with Crippen molar-refractivity contribution in [3.63, 3.8) is 0 Å². The van der Waals surface area contributed by atoms with Crippen LogP contribution >= 0.6 is 0 Å². The van der Waals surface area contributed by atoms with Crippen molar-refractivity contribution in [3.8, 4) is 0 Å². The minimum Gasteiger partial charge on any atom is -0.542 e. The molecule has 0 atom stereocenters. The predicted molar refractivity (Wildman–Crippen MR) is 112 cm³/mol. The molecule has 1 N–H and O–H groups in total. The molecule has 0 aliphatic heterocycles. The molecule has 0 radical (unpaired) electrons. The van der Waals surface area contributed by atoms with Gasteiger partial charge in [0.2, 0.25) is 0 Å². The maximum absolute atomic E-state index is 10.5. The van der Waals surface area contributed by atoms with E-state index in [1.54, 1.807) is 0 Å². The standard InChI is InChI=1S/C20H44NO2.C2HF3O2/c1-4-7-8-9-10-11-12-13-16-21(14-5-2,15-6-3)17-19-23-20-18-22;3-2(4,5)1(6)7/h22H,4-20H2,1-3H3;(H,6,7)/q+1;/p-1. The molecule has 0 rings (SSSR count). The van der Waals surface area contributed by atoms with E-state index < -0.39 is 12.1 Å². The van der Waals surface area contributed by atoms with Crippen molar-refractivity contribution in [2.45, 2.75) is 91.2 Å². The number of unbranched alkanes of at least 4 members (excludes halogenated alkanes) is 7. The summed E-state index contributed by atoms with van der Waals surface area (Å²) < 4.78 is 38.3. The van der Waals surface area contributed by atoms with Crippen molar-refractivity contribution >= 4 is 5.97 Å². The van der Waals surface area contributed by atoms with Gasteiger partial charge in [0.25, 0.3) is 0 Å². The molecule has 0 spiro atoms. The average molecular weight is 444 g/mol. The number of nitrogens with zero attached hydrogens (tertiary/aromatic N) is 1. The minimum atomic E-state index is -5.19. The molecule has 30 heavy (non-hydrogen) atoms. The lowest BCUT2D eigenvalue weighted by atomic mass is 10.1. The lowest BCUT2D eigenvalue weighted by Crippen LogP contribution is -2.51. The Balaban J connectivity index is 0. The molecule has 8 heteroatoms. The number of aliphatic hydroxyl groups is 1. The predicted octanol–water partition coefficient (Wildman–Crippen LogP) is 4.07. The highest BCUT2D eigenvalue weighted by atomic mass is 19.4. The van der Waals surface area contributed by atoms with E-state index in [-0.39, 0.29) is 6.61 Å². The number of carboxylic acid groups (broad SMARTS) is 1. The highest BCUT2D eigenvalue weighted by Gasteiger charge is 2.28. The molecule has 5 nitrogen and oxygen atoms in total. The summed E-state index contributed by atoms with van der Waals surface area (Å²) in [5.41, 5.74) is 0. The summed E-state index contributed by atoms with van der Waals surface area (Å²) in [5.74, 6) is -3.01. The number of carbonyl (C=O) groups excluding carboxylic acids is 1. The summed E-state index contributed by atoms with van der Waals surface area (Å²) in [4.78, 5) is 8.78. The molecule has 0 saturated heterocycles. The van der Waals surface area contributed by atoms with Gasteiger partial charge in [0, 0.05) is 0 Å². The fourth-order valence-corrected chi connectivity index (χ4v) is 3.63. The quantitative estimate of drug-likeness (QED) is 0.256. The smallest absolute Gasteiger partial charge is 0.430 e. The molecule has 0 unspecified atom stereocenters. The summed E-state index contributed by atoms with van der Waals surface area (Å²) in [6, 6.07) is 0. The molecule has 0 amide bonds. The van der Waals surface area contributed by atoms with Crippen molar-refractivity contribution in [2.24, 2.45) is 0 Å². The van der Waals surface area contributed by atoms with Gasteiger partial charge >= 0.3 is 6.18 Å². The second-order valence-corrected chi connectivity index (χ2v) is 7.83. The van der Waals surface area contributed by atoms with Gasteiger partial charge < -0.3 is 24.2 Å². The van der Waals surface area contributed by atoms with Crippen molar-refractivity contribution < 1.29 is 37.4 Å². The molecule has 0 bridgehead atoms. The van der Waals surface area contributed by atoms with Crippen molar-refractivity contribution in [2.75, 3.05) is 46.0 Å². The molecular weight excluding hydrogens is 399 g/mol. The van der Waals surface area contributed by atoms with Gasteiger partial charge in [0.15, 0.2) is 0 Å². The third-order valence-corrected chi connectivity index (χ3v) is 5.06. The largest absolute Gasteiger partial charge is 0.542 e. The Hall–Kier alpha value is -0.860. The first-order chi connectivity index (χ1) is 14.2. The molecule has 0 heterocycles. The Labute approximate surface area is 181 Å². The Morgan fingerprint density at radius 3 is 1.67 bits per heavy atom. The zero-order valence-corrected chi connectivity index (χ0v) is 19.3. The molecule has 182 valence electrons. The first-order valence-corrected chi connectivity index (χ1v) is 11.5. The number of rotatable bonds is 18. The fourth-order valence-electron chi connectivity index (χ4n) is 3.63. The Morgan fingerprint density at radius 2 is 1.27 bits per heavy atom. The molecule has 0 fully saturated rings. The Kier molecular flexibility index (Phi) is 21.0. The molecule has 0 aromatic rings. The van der Waals surface area contributed by atoms with Crippen LogP contribution in [-0.2, 0) is 9.53 Å². The molecule has 0 aromatic carbocycles. The average Bonchev–Trinajstić information content (AvgIpc) is 2.67. The summed E-state index contributed by atoms with van der Waals surface area (Å²) in [6.07, 6.45) is 8.45. The number of hydrogen-bond donors (Lipinski definition) is 1. The van der Waals surface area contributed by atoms with Crippen molar-refractivity contribution in [3.05, 3.63) is 0 Å². The summed E-state index contributed by atoms with van der Waals surface area (Å²) in [7, 11) is 0. The van der Waals surface area contributed by atoms with Gasteiger partial charge in [-0.2, -0.15) is 13.2 Å². The van der Waals surface area contributed by atoms with Crippen LogP contribution in [0.4, 0.5) is 13.2 Å². The van der Waals surface area contributed by atoms with Crippen LogP contribution < -0.4 is 5.11 Å². The van der Waals surface area contributed by atoms with E-state index in [0.29, 0.717) is 6.61 Å². The van der Waals surface area contributed by atoms with E-state index in [0.717, 1.165) is 13.2 Å². The summed E-state index contributed by atoms with van der Waals surface area (Å²) >= 11 is 0. The van der Waals surface area contributed by atoms with Crippen molar-refractivity contribution in [1.29, 1.82) is 0 Å². The van der Waals surface area contributed by atoms with E-state index in [4.69, 9.17) is 19.7 Å². The van der Waals surface area contributed by atoms with Gasteiger partial charge in [-0.3, -0.25) is 0 Å². The SMILES string of the molecule is CCCCCCCCCC[N+](CCC)(CCC)CCOCCO.O=C([O-])C(F)(F)F. The number of carbonyl (C=O) groups is 1. The van der Waals surface area contributed by atoms with Crippen molar-refractivity contribution in [1.82, 2.24) is 0 Å². The maximum Gasteiger partial charge on any atom is 0.430 e. The number of quaternary nitrogens is 1. The number of halogens is 3. The maximum atomic E-state index is 10.5. The number of hydrogen-bond acceptors (Lipinski definition) is 4. The minimum absolute atomic E-state index is 0.138. The molecule has 0 saturated carbocycles. The Morgan fingerprint density at radius 1 is 0.800 bits per heavy atom. The van der Waals surface area contributed by atoms with Crippen LogP contribution in [0.2, 0.25) is 0 Å². The van der Waals surface area contributed by atoms with Crippen LogP contribution in [0.1, 0.15) is 85.0 Å². The van der Waals surface area contributed by atoms with Crippen LogP contribution in [0.3, 0.4) is 0 Å². The first kappa shape index (κ1) is 31.3. The number of aliphatic hydroxyl groups excluding tert-OH is 1. The van der Waals surface area contributed by atoms with Gasteiger partial charge in [-0.1, -0.05) is 59.3 Å². The van der Waals surface area contributed by atoms with Gasteiger partial charge in [0.05, 0.1) is 39.5 Å². The van der Waals surface area contributed by atoms with Crippen LogP contribution in [0.5, 0.6) is 0 Å². The number of aliphatic carboxylic acids is 1. The zero-order valence-electron chi connectivity index (χ0n) is 19.3. The van der Waals surface area contributed by atoms with E-state index in [1.165, 1.54) is 88.3 Å². The lowest BCUT2D eigenvalue weighted by molar-refractivity contribution is -0.928. The molecular formula is C22H44F3NO4. The number of alkyl halides is 3. The van der Waals surface area contributed by atoms with E-state index in [1.807, 2.05) is 0 Å². The number of carboxylic acids is 1. The Bertz CT molecular complexity index is 387.